The SMILES string of the molecule is CCNc1cc(C(=O)N[C@@H](Cc2ccccc2)[C@@H](O)CNC2(C)CCCCC2)cc(N2CCCCS2(O)O)c1.Cl. The lowest BCUT2D eigenvalue weighted by Crippen LogP contribution is -2.53. The Bertz CT molecular complexity index is 1080. The zero-order valence-corrected chi connectivity index (χ0v) is 25.4. The highest BCUT2D eigenvalue weighted by molar-refractivity contribution is 8.25. The van der Waals surface area contributed by atoms with Gasteiger partial charge in [0.1, 0.15) is 0 Å². The Kier molecular flexibility index (Phi) is 12.0. The fourth-order valence-electron chi connectivity index (χ4n) is 5.70. The zero-order valence-electron chi connectivity index (χ0n) is 23.8. The lowest BCUT2D eigenvalue weighted by molar-refractivity contribution is 0.0799. The van der Waals surface area contributed by atoms with Gasteiger partial charge < -0.3 is 21.1 Å². The number of β-amino-alcohol motifs (C(OH)–C–C–N with tert-alkyl or cyclic N) is 1. The van der Waals surface area contributed by atoms with Crippen LogP contribution in [-0.2, 0) is 6.42 Å². The third-order valence-corrected chi connectivity index (χ3v) is 9.94. The van der Waals surface area contributed by atoms with Crippen LogP contribution in [0.15, 0.2) is 48.5 Å². The molecule has 1 saturated heterocycles. The molecule has 0 aromatic heterocycles. The van der Waals surface area contributed by atoms with E-state index in [1.54, 1.807) is 16.4 Å². The van der Waals surface area contributed by atoms with Gasteiger partial charge in [-0.1, -0.05) is 49.6 Å². The number of anilines is 2. The van der Waals surface area contributed by atoms with Crippen molar-refractivity contribution >= 4 is 40.5 Å². The first kappa shape index (κ1) is 32.5. The molecule has 2 fully saturated rings. The second-order valence-electron chi connectivity index (χ2n) is 11.3. The molecule has 10 heteroatoms. The molecule has 0 bridgehead atoms. The number of carbonyl (C=O) groups is 1. The summed E-state index contributed by atoms with van der Waals surface area (Å²) in [5.74, 6) is 0.0328. The Morgan fingerprint density at radius 3 is 2.45 bits per heavy atom. The van der Waals surface area contributed by atoms with E-state index in [1.165, 1.54) is 19.3 Å². The molecule has 1 aliphatic heterocycles. The molecule has 1 aliphatic carbocycles. The van der Waals surface area contributed by atoms with Gasteiger partial charge in [0, 0.05) is 36.4 Å². The molecule has 8 nitrogen and oxygen atoms in total. The van der Waals surface area contributed by atoms with Crippen LogP contribution in [0.3, 0.4) is 0 Å². The van der Waals surface area contributed by atoms with E-state index in [2.05, 4.69) is 22.9 Å². The first-order valence-electron chi connectivity index (χ1n) is 14.4. The lowest BCUT2D eigenvalue weighted by atomic mass is 9.83. The van der Waals surface area contributed by atoms with Crippen molar-refractivity contribution in [1.82, 2.24) is 10.6 Å². The van der Waals surface area contributed by atoms with Crippen molar-refractivity contribution in [3.8, 4) is 0 Å². The summed E-state index contributed by atoms with van der Waals surface area (Å²) in [6.07, 6.45) is 7.16. The Balaban J connectivity index is 0.00000441. The molecule has 224 valence electrons. The normalized spacial score (nSPS) is 20.5. The average Bonchev–Trinajstić information content (AvgIpc) is 2.92. The molecule has 0 unspecified atom stereocenters. The van der Waals surface area contributed by atoms with E-state index in [-0.39, 0.29) is 23.9 Å². The van der Waals surface area contributed by atoms with Gasteiger partial charge in [-0.2, -0.15) is 0 Å². The first-order chi connectivity index (χ1) is 18.7. The molecule has 0 radical (unpaired) electrons. The van der Waals surface area contributed by atoms with Gasteiger partial charge in [-0.05, 0) is 69.7 Å². The van der Waals surface area contributed by atoms with Gasteiger partial charge >= 0.3 is 0 Å². The molecule has 4 rings (SSSR count). The molecule has 2 aromatic carbocycles. The van der Waals surface area contributed by atoms with Crippen molar-refractivity contribution in [2.24, 2.45) is 0 Å². The Morgan fingerprint density at radius 2 is 1.77 bits per heavy atom. The quantitative estimate of drug-likeness (QED) is 0.194. The molecular formula is C30H47ClN4O4S. The van der Waals surface area contributed by atoms with Gasteiger partial charge in [-0.3, -0.25) is 18.2 Å². The molecular weight excluding hydrogens is 548 g/mol. The summed E-state index contributed by atoms with van der Waals surface area (Å²) < 4.78 is 23.1. The highest BCUT2D eigenvalue weighted by Gasteiger charge is 2.31. The Hall–Kier alpha value is -2.01. The first-order valence-corrected chi connectivity index (χ1v) is 16.1. The van der Waals surface area contributed by atoms with E-state index in [0.29, 0.717) is 43.1 Å². The standard InChI is InChI=1S/C30H46N4O4S.ClH/c1-3-31-25-19-24(20-26(21-25)34-16-10-11-17-39(34,37)38)29(36)33-27(18-23-12-6-4-7-13-23)28(35)22-32-30(2)14-8-5-9-15-30;/h4,6-7,12-13,19-21,27-28,31-32,35,37-38H,3,5,8-11,14-18,22H2,1-2H3,(H,33,36);1H/t27-,28-;/m0./s1. The maximum Gasteiger partial charge on any atom is 0.251 e. The molecule has 6 N–H and O–H groups in total. The van der Waals surface area contributed by atoms with Crippen LogP contribution in [0, 0.1) is 0 Å². The minimum absolute atomic E-state index is 0. The number of rotatable bonds is 11. The summed E-state index contributed by atoms with van der Waals surface area (Å²) >= 11 is 0. The topological polar surface area (TPSA) is 117 Å². The van der Waals surface area contributed by atoms with Crippen molar-refractivity contribution < 1.29 is 19.0 Å². The van der Waals surface area contributed by atoms with Crippen LogP contribution in [-0.4, -0.2) is 63.2 Å². The second-order valence-corrected chi connectivity index (χ2v) is 13.4. The van der Waals surface area contributed by atoms with Gasteiger partial charge in [0.05, 0.1) is 23.6 Å². The fourth-order valence-corrected chi connectivity index (χ4v) is 7.38. The van der Waals surface area contributed by atoms with E-state index in [1.807, 2.05) is 43.3 Å². The van der Waals surface area contributed by atoms with E-state index in [0.717, 1.165) is 36.9 Å². The maximum atomic E-state index is 13.7. The van der Waals surface area contributed by atoms with Gasteiger partial charge in [0.15, 0.2) is 0 Å². The predicted octanol–water partition coefficient (Wildman–Crippen LogP) is 5.82. The summed E-state index contributed by atoms with van der Waals surface area (Å²) in [5, 5.41) is 21.3. The van der Waals surface area contributed by atoms with E-state index in [4.69, 9.17) is 0 Å². The van der Waals surface area contributed by atoms with Crippen LogP contribution in [0.25, 0.3) is 0 Å². The van der Waals surface area contributed by atoms with Crippen molar-refractivity contribution in [2.75, 3.05) is 35.0 Å². The molecule has 1 amide bonds. The van der Waals surface area contributed by atoms with E-state index in [9.17, 15) is 19.0 Å². The van der Waals surface area contributed by atoms with Crippen LogP contribution in [0.4, 0.5) is 11.4 Å². The zero-order chi connectivity index (χ0) is 27.9. The van der Waals surface area contributed by atoms with Crippen molar-refractivity contribution in [3.05, 3.63) is 59.7 Å². The number of carbonyl (C=O) groups excluding carboxylic acids is 1. The van der Waals surface area contributed by atoms with Crippen molar-refractivity contribution in [3.63, 3.8) is 0 Å². The third-order valence-electron chi connectivity index (χ3n) is 8.01. The highest BCUT2D eigenvalue weighted by Crippen LogP contribution is 2.50. The summed E-state index contributed by atoms with van der Waals surface area (Å²) in [6.45, 7) is 5.79. The molecule has 2 aromatic rings. The van der Waals surface area contributed by atoms with Crippen LogP contribution in [0.2, 0.25) is 0 Å². The molecule has 0 spiro atoms. The largest absolute Gasteiger partial charge is 0.390 e. The number of benzene rings is 2. The van der Waals surface area contributed by atoms with Crippen LogP contribution < -0.4 is 20.3 Å². The van der Waals surface area contributed by atoms with Crippen LogP contribution >= 0.6 is 23.2 Å². The number of aliphatic hydroxyl groups is 1. The summed E-state index contributed by atoms with van der Waals surface area (Å²) in [4.78, 5) is 13.7. The van der Waals surface area contributed by atoms with E-state index < -0.39 is 22.9 Å². The molecule has 1 saturated carbocycles. The minimum Gasteiger partial charge on any atom is -0.390 e. The van der Waals surface area contributed by atoms with E-state index >= 15 is 0 Å². The van der Waals surface area contributed by atoms with Crippen LogP contribution in [0.1, 0.15) is 74.7 Å². The third kappa shape index (κ3) is 8.74. The predicted molar refractivity (Wildman–Crippen MR) is 169 cm³/mol. The Labute approximate surface area is 247 Å². The van der Waals surface area contributed by atoms with Gasteiger partial charge in [0.2, 0.25) is 0 Å². The fraction of sp³-hybridized carbons (Fsp3) is 0.567. The van der Waals surface area contributed by atoms with Gasteiger partial charge in [-0.15, -0.1) is 23.2 Å². The number of nitrogens with zero attached hydrogens (tertiary/aromatic N) is 1. The molecule has 1 heterocycles. The highest BCUT2D eigenvalue weighted by atomic mass is 35.5. The summed E-state index contributed by atoms with van der Waals surface area (Å²) in [6, 6.07) is 14.8. The summed E-state index contributed by atoms with van der Waals surface area (Å²) in [5.41, 5.74) is 2.82. The number of aliphatic hydroxyl groups excluding tert-OH is 1. The number of nitrogens with one attached hydrogen (secondary N) is 3. The second kappa shape index (κ2) is 14.8. The van der Waals surface area contributed by atoms with Crippen molar-refractivity contribution in [1.29, 1.82) is 0 Å². The monoisotopic (exact) mass is 594 g/mol. The maximum absolute atomic E-state index is 13.7. The number of hydrogen-bond donors (Lipinski definition) is 6. The summed E-state index contributed by atoms with van der Waals surface area (Å²) in [7, 11) is -2.93. The smallest absolute Gasteiger partial charge is 0.251 e. The average molecular weight is 595 g/mol. The lowest BCUT2D eigenvalue weighted by Gasteiger charge is -2.47. The number of halogens is 1. The van der Waals surface area contributed by atoms with Gasteiger partial charge in [0.25, 0.3) is 5.91 Å². The van der Waals surface area contributed by atoms with Crippen molar-refractivity contribution in [2.45, 2.75) is 82.9 Å². The number of amides is 1. The molecule has 40 heavy (non-hydrogen) atoms. The minimum atomic E-state index is -2.93. The van der Waals surface area contributed by atoms with Crippen LogP contribution in [0.5, 0.6) is 0 Å². The van der Waals surface area contributed by atoms with Gasteiger partial charge in [-0.25, -0.2) is 0 Å². The Morgan fingerprint density at radius 1 is 1.05 bits per heavy atom. The molecule has 2 atom stereocenters. The number of hydrogen-bond acceptors (Lipinski definition) is 7. The molecule has 2 aliphatic rings.